The number of amides is 1. The van der Waals surface area contributed by atoms with Crippen LogP contribution in [0.15, 0.2) is 35.1 Å². The summed E-state index contributed by atoms with van der Waals surface area (Å²) in [6.45, 7) is 0.696. The topological polar surface area (TPSA) is 73.2 Å². The fraction of sp³-hybridized carbons (Fsp3) is 0.476. The number of nitrogens with zero attached hydrogens (tertiary/aromatic N) is 2. The van der Waals surface area contributed by atoms with Gasteiger partial charge in [-0.2, -0.15) is 5.10 Å². The van der Waals surface area contributed by atoms with E-state index in [4.69, 9.17) is 4.74 Å². The number of hydrogen-bond donors (Lipinski definition) is 1. The zero-order chi connectivity index (χ0) is 19.3. The van der Waals surface area contributed by atoms with Crippen LogP contribution in [0.3, 0.4) is 0 Å². The molecule has 0 bridgehead atoms. The molecule has 1 aromatic carbocycles. The standard InChI is InChI=1S/C21H22FN3O3/c22-15-6-4-14(5-7-15)21(8-9-21)20(27)23-17-11-28-12-18(17)25-19(26)10-13-2-1-3-16(13)24-25/h4-7,10,17-18H,1-3,8-9,11-12H2,(H,23,27). The van der Waals surface area contributed by atoms with Gasteiger partial charge in [0.25, 0.3) is 5.56 Å². The maximum Gasteiger partial charge on any atom is 0.267 e. The van der Waals surface area contributed by atoms with Gasteiger partial charge in [0.05, 0.1) is 30.4 Å². The summed E-state index contributed by atoms with van der Waals surface area (Å²) in [4.78, 5) is 25.6. The van der Waals surface area contributed by atoms with Crippen LogP contribution in [0.25, 0.3) is 0 Å². The van der Waals surface area contributed by atoms with Crippen molar-refractivity contribution in [3.8, 4) is 0 Å². The molecule has 2 unspecified atom stereocenters. The first-order chi connectivity index (χ1) is 13.6. The summed E-state index contributed by atoms with van der Waals surface area (Å²) >= 11 is 0. The summed E-state index contributed by atoms with van der Waals surface area (Å²) < 4.78 is 20.3. The molecule has 28 heavy (non-hydrogen) atoms. The Morgan fingerprint density at radius 2 is 2.00 bits per heavy atom. The lowest BCUT2D eigenvalue weighted by atomic mass is 9.94. The van der Waals surface area contributed by atoms with Gasteiger partial charge in [0.15, 0.2) is 0 Å². The van der Waals surface area contributed by atoms with Gasteiger partial charge in [-0.1, -0.05) is 12.1 Å². The minimum Gasteiger partial charge on any atom is -0.377 e. The van der Waals surface area contributed by atoms with E-state index in [1.54, 1.807) is 18.2 Å². The van der Waals surface area contributed by atoms with Gasteiger partial charge in [0.1, 0.15) is 11.9 Å². The molecule has 2 aliphatic carbocycles. The largest absolute Gasteiger partial charge is 0.377 e. The number of rotatable bonds is 4. The SMILES string of the molecule is O=C(NC1COCC1n1nc2c(cc1=O)CCC2)C1(c2ccc(F)cc2)CC1. The molecule has 1 aromatic heterocycles. The van der Waals surface area contributed by atoms with Crippen LogP contribution in [-0.4, -0.2) is 34.9 Å². The number of halogens is 1. The van der Waals surface area contributed by atoms with Crippen molar-refractivity contribution in [3.05, 3.63) is 63.3 Å². The highest BCUT2D eigenvalue weighted by Gasteiger charge is 2.52. The molecule has 2 aromatic rings. The van der Waals surface area contributed by atoms with Gasteiger partial charge >= 0.3 is 0 Å². The summed E-state index contributed by atoms with van der Waals surface area (Å²) in [6, 6.07) is 7.18. The van der Waals surface area contributed by atoms with E-state index in [1.807, 2.05) is 0 Å². The molecule has 2 heterocycles. The first-order valence-electron chi connectivity index (χ1n) is 9.83. The maximum atomic E-state index is 13.2. The summed E-state index contributed by atoms with van der Waals surface area (Å²) in [6.07, 6.45) is 4.28. The van der Waals surface area contributed by atoms with Gasteiger partial charge in [-0.15, -0.1) is 0 Å². The van der Waals surface area contributed by atoms with Crippen molar-refractivity contribution in [2.45, 2.75) is 49.6 Å². The monoisotopic (exact) mass is 383 g/mol. The molecule has 1 saturated heterocycles. The van der Waals surface area contributed by atoms with Crippen molar-refractivity contribution < 1.29 is 13.9 Å². The van der Waals surface area contributed by atoms with Crippen molar-refractivity contribution in [1.29, 1.82) is 0 Å². The number of hydrogen-bond acceptors (Lipinski definition) is 4. The van der Waals surface area contributed by atoms with Crippen LogP contribution >= 0.6 is 0 Å². The lowest BCUT2D eigenvalue weighted by molar-refractivity contribution is -0.124. The number of aromatic nitrogens is 2. The van der Waals surface area contributed by atoms with Crippen molar-refractivity contribution in [1.82, 2.24) is 15.1 Å². The third kappa shape index (κ3) is 2.85. The third-order valence-corrected chi connectivity index (χ3v) is 6.24. The van der Waals surface area contributed by atoms with Gasteiger partial charge in [0.2, 0.25) is 5.91 Å². The molecular formula is C21H22FN3O3. The summed E-state index contributed by atoms with van der Waals surface area (Å²) in [5.41, 5.74) is 2.09. The average Bonchev–Trinajstić information content (AvgIpc) is 3.16. The van der Waals surface area contributed by atoms with Crippen molar-refractivity contribution in [2.24, 2.45) is 0 Å². The molecule has 0 spiro atoms. The predicted molar refractivity (Wildman–Crippen MR) is 99.6 cm³/mol. The van der Waals surface area contributed by atoms with Gasteiger partial charge in [0, 0.05) is 6.07 Å². The molecule has 1 N–H and O–H groups in total. The van der Waals surface area contributed by atoms with E-state index < -0.39 is 5.41 Å². The molecule has 1 aliphatic heterocycles. The molecule has 1 amide bonds. The number of ether oxygens (including phenoxy) is 1. The zero-order valence-corrected chi connectivity index (χ0v) is 15.5. The zero-order valence-electron chi connectivity index (χ0n) is 15.5. The minimum atomic E-state index is -0.600. The second kappa shape index (κ2) is 6.51. The predicted octanol–water partition coefficient (Wildman–Crippen LogP) is 1.66. The number of carbonyl (C=O) groups is 1. The number of aryl methyl sites for hydroxylation is 2. The second-order valence-corrected chi connectivity index (χ2v) is 8.03. The Morgan fingerprint density at radius 3 is 2.75 bits per heavy atom. The molecule has 1 saturated carbocycles. The molecular weight excluding hydrogens is 361 g/mol. The van der Waals surface area contributed by atoms with Crippen LogP contribution in [0, 0.1) is 5.82 Å². The van der Waals surface area contributed by atoms with Gasteiger partial charge in [-0.3, -0.25) is 9.59 Å². The molecule has 5 rings (SSSR count). The number of nitrogens with one attached hydrogen (secondary N) is 1. The Bertz CT molecular complexity index is 981. The van der Waals surface area contributed by atoms with Crippen LogP contribution < -0.4 is 10.9 Å². The highest BCUT2D eigenvalue weighted by molar-refractivity contribution is 5.91. The van der Waals surface area contributed by atoms with Gasteiger partial charge < -0.3 is 10.1 Å². The first kappa shape index (κ1) is 17.6. The van der Waals surface area contributed by atoms with E-state index in [0.717, 1.165) is 48.9 Å². The molecule has 3 aliphatic rings. The average molecular weight is 383 g/mol. The molecule has 6 nitrogen and oxygen atoms in total. The fourth-order valence-electron chi connectivity index (χ4n) is 4.42. The van der Waals surface area contributed by atoms with E-state index >= 15 is 0 Å². The third-order valence-electron chi connectivity index (χ3n) is 6.24. The van der Waals surface area contributed by atoms with E-state index in [0.29, 0.717) is 13.2 Å². The Morgan fingerprint density at radius 1 is 1.21 bits per heavy atom. The minimum absolute atomic E-state index is 0.0891. The normalized spacial score (nSPS) is 24.8. The summed E-state index contributed by atoms with van der Waals surface area (Å²) in [5.74, 6) is -0.403. The van der Waals surface area contributed by atoms with Crippen LogP contribution in [0.5, 0.6) is 0 Å². The fourth-order valence-corrected chi connectivity index (χ4v) is 4.42. The van der Waals surface area contributed by atoms with E-state index in [9.17, 15) is 14.0 Å². The van der Waals surface area contributed by atoms with E-state index in [1.165, 1.54) is 16.8 Å². The highest BCUT2D eigenvalue weighted by Crippen LogP contribution is 2.48. The Hall–Kier alpha value is -2.54. The van der Waals surface area contributed by atoms with Crippen molar-refractivity contribution in [3.63, 3.8) is 0 Å². The molecule has 7 heteroatoms. The van der Waals surface area contributed by atoms with Gasteiger partial charge in [-0.25, -0.2) is 9.07 Å². The molecule has 2 atom stereocenters. The number of benzene rings is 1. The summed E-state index contributed by atoms with van der Waals surface area (Å²) in [5, 5.41) is 7.65. The van der Waals surface area contributed by atoms with Gasteiger partial charge in [-0.05, 0) is 55.4 Å². The molecule has 2 fully saturated rings. The van der Waals surface area contributed by atoms with Crippen LogP contribution in [-0.2, 0) is 27.8 Å². The molecule has 146 valence electrons. The van der Waals surface area contributed by atoms with E-state index in [2.05, 4.69) is 10.4 Å². The lowest BCUT2D eigenvalue weighted by Crippen LogP contribution is -2.47. The van der Waals surface area contributed by atoms with Crippen LogP contribution in [0.2, 0.25) is 0 Å². The van der Waals surface area contributed by atoms with E-state index in [-0.39, 0.29) is 29.4 Å². The Labute approximate surface area is 161 Å². The summed E-state index contributed by atoms with van der Waals surface area (Å²) in [7, 11) is 0. The maximum absolute atomic E-state index is 13.2. The first-order valence-corrected chi connectivity index (χ1v) is 9.83. The number of fused-ring (bicyclic) bond motifs is 1. The number of carbonyl (C=O) groups excluding carboxylic acids is 1. The van der Waals surface area contributed by atoms with Crippen molar-refractivity contribution in [2.75, 3.05) is 13.2 Å². The quantitative estimate of drug-likeness (QED) is 0.872. The van der Waals surface area contributed by atoms with Crippen molar-refractivity contribution >= 4 is 5.91 Å². The Kier molecular flexibility index (Phi) is 4.08. The highest BCUT2D eigenvalue weighted by atomic mass is 19.1. The lowest BCUT2D eigenvalue weighted by Gasteiger charge is -2.24. The van der Waals surface area contributed by atoms with Crippen LogP contribution in [0.1, 0.15) is 42.1 Å². The smallest absolute Gasteiger partial charge is 0.267 e. The second-order valence-electron chi connectivity index (χ2n) is 8.03. The molecule has 0 radical (unpaired) electrons. The van der Waals surface area contributed by atoms with Crippen LogP contribution in [0.4, 0.5) is 4.39 Å². The Balaban J connectivity index is 1.37.